The number of rotatable bonds is 2. The van der Waals surface area contributed by atoms with E-state index in [9.17, 15) is 0 Å². The molecule has 15 heavy (non-hydrogen) atoms. The minimum absolute atomic E-state index is 0.774. The zero-order valence-corrected chi connectivity index (χ0v) is 9.19. The maximum atomic E-state index is 4.85. The normalized spacial score (nSPS) is 18.2. The number of fused-ring (bicyclic) bond motifs is 1. The van der Waals surface area contributed by atoms with Crippen LogP contribution in [0.3, 0.4) is 0 Å². The minimum atomic E-state index is 0.774. The lowest BCUT2D eigenvalue weighted by Gasteiger charge is -2.34. The molecule has 1 aliphatic heterocycles. The molecule has 1 aliphatic rings. The van der Waals surface area contributed by atoms with Gasteiger partial charge in [0.1, 0.15) is 12.8 Å². The van der Waals surface area contributed by atoms with E-state index >= 15 is 0 Å². The Bertz CT molecular complexity index is 372. The number of aromatic nitrogens is 2. The van der Waals surface area contributed by atoms with Gasteiger partial charge < -0.3 is 19.6 Å². The first-order valence-electron chi connectivity index (χ1n) is 4.89. The van der Waals surface area contributed by atoms with Gasteiger partial charge in [0.05, 0.1) is 13.0 Å². The first-order chi connectivity index (χ1) is 7.27. The Morgan fingerprint density at radius 2 is 2.47 bits per heavy atom. The van der Waals surface area contributed by atoms with Crippen molar-refractivity contribution in [2.75, 3.05) is 32.3 Å². The second-order valence-electron chi connectivity index (χ2n) is 3.39. The SMILES string of the molecule is CCN1CN(C)c2nc[nH]c2/C1=N\OC. The summed E-state index contributed by atoms with van der Waals surface area (Å²) in [6.45, 7) is 3.74. The van der Waals surface area contributed by atoms with E-state index in [-0.39, 0.29) is 0 Å². The lowest BCUT2D eigenvalue weighted by Crippen LogP contribution is -2.45. The van der Waals surface area contributed by atoms with Gasteiger partial charge in [-0.05, 0) is 6.92 Å². The molecule has 0 radical (unpaired) electrons. The monoisotopic (exact) mass is 209 g/mol. The van der Waals surface area contributed by atoms with Gasteiger partial charge in [-0.1, -0.05) is 5.16 Å². The first kappa shape index (κ1) is 9.82. The third kappa shape index (κ3) is 1.51. The lowest BCUT2D eigenvalue weighted by molar-refractivity contribution is 0.205. The number of anilines is 1. The van der Waals surface area contributed by atoms with Gasteiger partial charge in [-0.25, -0.2) is 4.98 Å². The summed E-state index contributed by atoms with van der Waals surface area (Å²) in [7, 11) is 3.56. The zero-order valence-electron chi connectivity index (χ0n) is 9.19. The number of nitrogens with one attached hydrogen (secondary N) is 1. The van der Waals surface area contributed by atoms with Crippen molar-refractivity contribution in [2.24, 2.45) is 5.16 Å². The average molecular weight is 209 g/mol. The van der Waals surface area contributed by atoms with E-state index in [1.807, 2.05) is 7.05 Å². The molecule has 1 aromatic heterocycles. The predicted octanol–water partition coefficient (Wildman–Crippen LogP) is 0.447. The predicted molar refractivity (Wildman–Crippen MR) is 57.8 cm³/mol. The number of hydrogen-bond donors (Lipinski definition) is 1. The van der Waals surface area contributed by atoms with Crippen molar-refractivity contribution in [3.63, 3.8) is 0 Å². The number of imidazole rings is 1. The summed E-state index contributed by atoms with van der Waals surface area (Å²) in [5, 5.41) is 4.03. The third-order valence-corrected chi connectivity index (χ3v) is 2.45. The molecule has 2 heterocycles. The highest BCUT2D eigenvalue weighted by atomic mass is 16.6. The molecule has 0 fully saturated rings. The van der Waals surface area contributed by atoms with Gasteiger partial charge >= 0.3 is 0 Å². The van der Waals surface area contributed by atoms with Crippen LogP contribution in [0.1, 0.15) is 12.6 Å². The largest absolute Gasteiger partial charge is 0.397 e. The molecular formula is C9H15N5O. The van der Waals surface area contributed by atoms with Crippen molar-refractivity contribution in [3.05, 3.63) is 12.0 Å². The summed E-state index contributed by atoms with van der Waals surface area (Å²) in [4.78, 5) is 16.4. The van der Waals surface area contributed by atoms with Crippen LogP contribution in [0.5, 0.6) is 0 Å². The molecule has 0 bridgehead atoms. The van der Waals surface area contributed by atoms with Crippen LogP contribution in [0.25, 0.3) is 0 Å². The fraction of sp³-hybridized carbons (Fsp3) is 0.556. The van der Waals surface area contributed by atoms with Crippen molar-refractivity contribution in [3.8, 4) is 0 Å². The molecular weight excluding hydrogens is 194 g/mol. The Hall–Kier alpha value is -1.72. The van der Waals surface area contributed by atoms with Gasteiger partial charge in [0, 0.05) is 13.6 Å². The molecule has 1 N–H and O–H groups in total. The van der Waals surface area contributed by atoms with Crippen LogP contribution in [0.15, 0.2) is 11.5 Å². The van der Waals surface area contributed by atoms with E-state index in [2.05, 4.69) is 31.8 Å². The third-order valence-electron chi connectivity index (χ3n) is 2.45. The Morgan fingerprint density at radius 3 is 3.13 bits per heavy atom. The summed E-state index contributed by atoms with van der Waals surface area (Å²) < 4.78 is 0. The second-order valence-corrected chi connectivity index (χ2v) is 3.39. The number of nitrogens with zero attached hydrogens (tertiary/aromatic N) is 4. The highest BCUT2D eigenvalue weighted by molar-refractivity contribution is 6.02. The van der Waals surface area contributed by atoms with Crippen molar-refractivity contribution in [1.82, 2.24) is 14.9 Å². The smallest absolute Gasteiger partial charge is 0.197 e. The molecule has 0 saturated heterocycles. The standard InChI is InChI=1S/C9H15N5O/c1-4-14-6-13(2)8-7(10-5-11-8)9(14)12-15-3/h5H,4,6H2,1-3H3,(H,10,11)/b12-9+. The van der Waals surface area contributed by atoms with Crippen LogP contribution in [0.2, 0.25) is 0 Å². The van der Waals surface area contributed by atoms with Crippen LogP contribution in [0, 0.1) is 0 Å². The molecule has 0 aliphatic carbocycles. The Balaban J connectivity index is 2.44. The molecule has 0 saturated carbocycles. The summed E-state index contributed by atoms with van der Waals surface area (Å²) in [5.41, 5.74) is 0.910. The topological polar surface area (TPSA) is 56.8 Å². The van der Waals surface area contributed by atoms with Crippen LogP contribution in [0.4, 0.5) is 5.82 Å². The van der Waals surface area contributed by atoms with Gasteiger partial charge in [0.15, 0.2) is 11.7 Å². The van der Waals surface area contributed by atoms with Crippen molar-refractivity contribution >= 4 is 11.7 Å². The molecule has 0 spiro atoms. The fourth-order valence-corrected chi connectivity index (χ4v) is 1.73. The van der Waals surface area contributed by atoms with E-state index < -0.39 is 0 Å². The highest BCUT2D eigenvalue weighted by Gasteiger charge is 2.27. The Kier molecular flexibility index (Phi) is 2.49. The van der Waals surface area contributed by atoms with Gasteiger partial charge in [-0.15, -0.1) is 0 Å². The van der Waals surface area contributed by atoms with Crippen molar-refractivity contribution in [2.45, 2.75) is 6.92 Å². The van der Waals surface area contributed by atoms with Crippen molar-refractivity contribution in [1.29, 1.82) is 0 Å². The number of amidine groups is 1. The number of hydrogen-bond acceptors (Lipinski definition) is 4. The molecule has 1 aromatic rings. The summed E-state index contributed by atoms with van der Waals surface area (Å²) >= 11 is 0. The Morgan fingerprint density at radius 1 is 1.67 bits per heavy atom. The summed E-state index contributed by atoms with van der Waals surface area (Å²) in [6.07, 6.45) is 1.67. The van der Waals surface area contributed by atoms with E-state index in [1.165, 1.54) is 0 Å². The fourth-order valence-electron chi connectivity index (χ4n) is 1.73. The molecule has 6 heteroatoms. The quantitative estimate of drug-likeness (QED) is 0.718. The van der Waals surface area contributed by atoms with Gasteiger partial charge in [0.2, 0.25) is 0 Å². The molecule has 0 aromatic carbocycles. The molecule has 0 amide bonds. The maximum Gasteiger partial charge on any atom is 0.197 e. The Labute approximate surface area is 88.5 Å². The average Bonchev–Trinajstić information content (AvgIpc) is 2.71. The van der Waals surface area contributed by atoms with Gasteiger partial charge in [0.25, 0.3) is 0 Å². The highest BCUT2D eigenvalue weighted by Crippen LogP contribution is 2.22. The maximum absolute atomic E-state index is 4.85. The summed E-state index contributed by atoms with van der Waals surface area (Å²) in [6, 6.07) is 0. The van der Waals surface area contributed by atoms with Gasteiger partial charge in [-0.3, -0.25) is 0 Å². The van der Waals surface area contributed by atoms with Crippen molar-refractivity contribution < 1.29 is 4.84 Å². The van der Waals surface area contributed by atoms with E-state index in [0.29, 0.717) is 0 Å². The van der Waals surface area contributed by atoms with Crippen LogP contribution < -0.4 is 4.90 Å². The molecule has 82 valence electrons. The zero-order chi connectivity index (χ0) is 10.8. The van der Waals surface area contributed by atoms with E-state index in [4.69, 9.17) is 4.84 Å². The number of aromatic amines is 1. The number of oxime groups is 1. The lowest BCUT2D eigenvalue weighted by atomic mass is 10.3. The number of H-pyrrole nitrogens is 1. The first-order valence-corrected chi connectivity index (χ1v) is 4.89. The van der Waals surface area contributed by atoms with E-state index in [1.54, 1.807) is 13.4 Å². The van der Waals surface area contributed by atoms with Crippen LogP contribution in [-0.4, -0.2) is 48.1 Å². The molecule has 0 atom stereocenters. The molecule has 0 unspecified atom stereocenters. The minimum Gasteiger partial charge on any atom is -0.397 e. The van der Waals surface area contributed by atoms with Crippen LogP contribution in [-0.2, 0) is 4.84 Å². The van der Waals surface area contributed by atoms with Crippen LogP contribution >= 0.6 is 0 Å². The second kappa shape index (κ2) is 3.80. The van der Waals surface area contributed by atoms with E-state index in [0.717, 1.165) is 30.6 Å². The molecule has 6 nitrogen and oxygen atoms in total. The summed E-state index contributed by atoms with van der Waals surface area (Å²) in [5.74, 6) is 1.72. The van der Waals surface area contributed by atoms with Gasteiger partial charge in [-0.2, -0.15) is 0 Å². The molecule has 2 rings (SSSR count).